The Kier molecular flexibility index (Phi) is 5.93. The van der Waals surface area contributed by atoms with Crippen molar-refractivity contribution >= 4 is 71.4 Å². The van der Waals surface area contributed by atoms with Crippen LogP contribution in [0.4, 0.5) is 22.7 Å². The Morgan fingerprint density at radius 2 is 1.19 bits per heavy atom. The molecule has 0 radical (unpaired) electrons. The van der Waals surface area contributed by atoms with E-state index in [1.807, 2.05) is 0 Å². The zero-order valence-corrected chi connectivity index (χ0v) is 28.8. The first-order valence-corrected chi connectivity index (χ1v) is 18.5. The fraction of sp³-hybridized carbons (Fsp3) is 0.244. The summed E-state index contributed by atoms with van der Waals surface area (Å²) < 4.78 is 0. The fourth-order valence-electron chi connectivity index (χ4n) is 10.8. The zero-order valence-electron chi connectivity index (χ0n) is 28.8. The first-order chi connectivity index (χ1) is 25.5. The molecule has 5 aliphatic rings. The van der Waals surface area contributed by atoms with Gasteiger partial charge in [0.15, 0.2) is 0 Å². The number of fused-ring (bicyclic) bond motifs is 4. The van der Waals surface area contributed by atoms with Gasteiger partial charge in [-0.2, -0.15) is 10.5 Å². The lowest BCUT2D eigenvalue weighted by Crippen LogP contribution is -2.35. The number of nitrogens with zero attached hydrogens (tertiary/aromatic N) is 4. The molecule has 0 amide bonds. The molecular formula is C45H36N6O. The van der Waals surface area contributed by atoms with Gasteiger partial charge in [-0.25, -0.2) is 0 Å². The molecule has 4 aliphatic heterocycles. The maximum absolute atomic E-state index is 12.7. The van der Waals surface area contributed by atoms with Crippen molar-refractivity contribution in [3.63, 3.8) is 0 Å². The minimum Gasteiger partial charge on any atom is -0.511 e. The smallest absolute Gasteiger partial charge is 0.134 e. The molecule has 6 aromatic rings. The Hall–Kier alpha value is -6.18. The van der Waals surface area contributed by atoms with Crippen LogP contribution in [0.25, 0.3) is 48.7 Å². The summed E-state index contributed by atoms with van der Waals surface area (Å²) in [5.41, 5.74) is 25.6. The predicted molar refractivity (Wildman–Crippen MR) is 211 cm³/mol. The van der Waals surface area contributed by atoms with Gasteiger partial charge in [0.05, 0.1) is 17.3 Å². The largest absolute Gasteiger partial charge is 0.511 e. The van der Waals surface area contributed by atoms with Crippen molar-refractivity contribution in [3.8, 4) is 12.1 Å². The second-order valence-electron chi connectivity index (χ2n) is 15.2. The average Bonchev–Trinajstić information content (AvgIpc) is 3.19. The van der Waals surface area contributed by atoms with Gasteiger partial charge in [0, 0.05) is 65.0 Å². The summed E-state index contributed by atoms with van der Waals surface area (Å²) in [7, 11) is 0. The zero-order chi connectivity index (χ0) is 35.0. The van der Waals surface area contributed by atoms with E-state index in [-0.39, 0.29) is 11.3 Å². The number of aliphatic hydroxyl groups is 1. The highest BCUT2D eigenvalue weighted by Crippen LogP contribution is 2.61. The Morgan fingerprint density at radius 3 is 1.79 bits per heavy atom. The number of anilines is 4. The number of nitriles is 2. The number of allylic oxidation sites excluding steroid dienone is 3. The Labute approximate surface area is 301 Å². The van der Waals surface area contributed by atoms with Crippen LogP contribution >= 0.6 is 0 Å². The molecule has 5 N–H and O–H groups in total. The summed E-state index contributed by atoms with van der Waals surface area (Å²) in [5.74, 6) is -0.617. The van der Waals surface area contributed by atoms with Crippen molar-refractivity contribution in [1.29, 1.82) is 10.5 Å². The number of benzene rings is 6. The van der Waals surface area contributed by atoms with Crippen molar-refractivity contribution in [3.05, 3.63) is 111 Å². The summed E-state index contributed by atoms with van der Waals surface area (Å²) in [4.78, 5) is 4.95. The first kappa shape index (κ1) is 29.5. The lowest BCUT2D eigenvalue weighted by molar-refractivity contribution is 0.370. The minimum absolute atomic E-state index is 0.0159. The van der Waals surface area contributed by atoms with Crippen molar-refractivity contribution < 1.29 is 5.11 Å². The number of hydrogen-bond acceptors (Lipinski definition) is 7. The summed E-state index contributed by atoms with van der Waals surface area (Å²) >= 11 is 0. The van der Waals surface area contributed by atoms with Gasteiger partial charge in [0.1, 0.15) is 23.5 Å². The van der Waals surface area contributed by atoms with E-state index in [2.05, 4.69) is 82.6 Å². The van der Waals surface area contributed by atoms with E-state index in [1.165, 1.54) is 44.0 Å². The van der Waals surface area contributed by atoms with Gasteiger partial charge < -0.3 is 26.4 Å². The third-order valence-corrected chi connectivity index (χ3v) is 12.9. The van der Waals surface area contributed by atoms with Crippen molar-refractivity contribution in [2.75, 3.05) is 47.4 Å². The Bertz CT molecular complexity index is 2820. The number of rotatable bonds is 2. The van der Waals surface area contributed by atoms with E-state index in [0.29, 0.717) is 22.5 Å². The van der Waals surface area contributed by atoms with Gasteiger partial charge in [0.25, 0.3) is 0 Å². The summed E-state index contributed by atoms with van der Waals surface area (Å²) in [6.07, 6.45) is 5.50. The summed E-state index contributed by atoms with van der Waals surface area (Å²) in [6, 6.07) is 25.9. The molecule has 1 atom stereocenters. The Morgan fingerprint density at radius 1 is 0.654 bits per heavy atom. The highest BCUT2D eigenvalue weighted by atomic mass is 16.3. The number of nitrogen functional groups attached to an aromatic ring is 2. The molecule has 11 rings (SSSR count). The van der Waals surface area contributed by atoms with E-state index in [0.717, 1.165) is 109 Å². The quantitative estimate of drug-likeness (QED) is 0.0954. The van der Waals surface area contributed by atoms with Gasteiger partial charge in [-0.3, -0.25) is 0 Å². The van der Waals surface area contributed by atoms with Crippen LogP contribution in [0, 0.1) is 22.7 Å². The molecule has 0 aromatic heterocycles. The molecule has 0 bridgehead atoms. The molecule has 0 fully saturated rings. The van der Waals surface area contributed by atoms with Gasteiger partial charge in [-0.05, 0) is 111 Å². The molecule has 0 spiro atoms. The molecular weight excluding hydrogens is 641 g/mol. The van der Waals surface area contributed by atoms with Crippen molar-refractivity contribution in [1.82, 2.24) is 0 Å². The second kappa shape index (κ2) is 10.4. The molecule has 0 saturated heterocycles. The third-order valence-electron chi connectivity index (χ3n) is 12.9. The van der Waals surface area contributed by atoms with Crippen LogP contribution in [0.5, 0.6) is 0 Å². The van der Waals surface area contributed by atoms with Gasteiger partial charge in [-0.1, -0.05) is 48.5 Å². The van der Waals surface area contributed by atoms with Crippen LogP contribution in [-0.4, -0.2) is 31.3 Å². The third kappa shape index (κ3) is 3.58. The van der Waals surface area contributed by atoms with Gasteiger partial charge in [-0.15, -0.1) is 0 Å². The number of nitrogens with two attached hydrogens (primary N) is 2. The lowest BCUT2D eigenvalue weighted by Gasteiger charge is -2.42. The molecule has 7 heteroatoms. The molecule has 4 heterocycles. The molecule has 52 heavy (non-hydrogen) atoms. The minimum atomic E-state index is -0.740. The van der Waals surface area contributed by atoms with Crippen LogP contribution in [-0.2, 0) is 25.7 Å². The van der Waals surface area contributed by atoms with Gasteiger partial charge >= 0.3 is 0 Å². The molecule has 1 unspecified atom stereocenters. The van der Waals surface area contributed by atoms with E-state index >= 15 is 0 Å². The topological polar surface area (TPSA) is 126 Å². The summed E-state index contributed by atoms with van der Waals surface area (Å²) in [6.45, 7) is 3.86. The van der Waals surface area contributed by atoms with Crippen LogP contribution in [0.2, 0.25) is 0 Å². The van der Waals surface area contributed by atoms with Gasteiger partial charge in [0.2, 0.25) is 0 Å². The maximum Gasteiger partial charge on any atom is 0.134 e. The average molecular weight is 677 g/mol. The van der Waals surface area contributed by atoms with Crippen LogP contribution < -0.4 is 21.3 Å². The standard InChI is InChI=1S/C45H36N6O/c46-21-25(22-47)34-39(37-32-19-23-7-1-3-9-26(23)28-13-17-50-15-5-11-30(41(37)48)43(50)35(28)32)45(52)40(34)38-33-20-24-8-2-4-10-27(24)29-14-18-51-16-6-12-31(42(38)49)44(51)36(29)33/h1-4,7-10,19-20,39,52H,5-6,11-18,48-49H2. The van der Waals surface area contributed by atoms with E-state index in [1.54, 1.807) is 0 Å². The molecule has 0 saturated carbocycles. The molecule has 7 nitrogen and oxygen atoms in total. The predicted octanol–water partition coefficient (Wildman–Crippen LogP) is 8.49. The maximum atomic E-state index is 12.7. The fourth-order valence-corrected chi connectivity index (χ4v) is 10.8. The number of aliphatic hydroxyl groups excluding tert-OH is 1. The molecule has 6 aromatic carbocycles. The normalized spacial score (nSPS) is 18.6. The number of hydrogen-bond donors (Lipinski definition) is 3. The van der Waals surface area contributed by atoms with Crippen LogP contribution in [0.15, 0.2) is 77.6 Å². The highest BCUT2D eigenvalue weighted by molar-refractivity contribution is 6.19. The van der Waals surface area contributed by atoms with Crippen LogP contribution in [0.1, 0.15) is 52.1 Å². The molecule has 1 aliphatic carbocycles. The monoisotopic (exact) mass is 676 g/mol. The lowest BCUT2D eigenvalue weighted by atomic mass is 9.66. The van der Waals surface area contributed by atoms with E-state index < -0.39 is 5.92 Å². The Balaban J connectivity index is 1.27. The van der Waals surface area contributed by atoms with Crippen molar-refractivity contribution in [2.24, 2.45) is 0 Å². The van der Waals surface area contributed by atoms with E-state index in [9.17, 15) is 15.6 Å². The summed E-state index contributed by atoms with van der Waals surface area (Å²) in [5, 5.41) is 42.8. The SMILES string of the molecule is N#CC(C#N)=C1C(c2c(N)c3c4c5c(c6ccccc6cc25)CCN4CCC3)=C(O)C1c1c(N)c2c3c4c(c5ccccc5cc14)CCN3CCC2. The van der Waals surface area contributed by atoms with Crippen molar-refractivity contribution in [2.45, 2.75) is 44.4 Å². The second-order valence-corrected chi connectivity index (χ2v) is 15.2. The van der Waals surface area contributed by atoms with E-state index in [4.69, 9.17) is 11.5 Å². The first-order valence-electron chi connectivity index (χ1n) is 18.5. The van der Waals surface area contributed by atoms with Crippen LogP contribution in [0.3, 0.4) is 0 Å². The highest BCUT2D eigenvalue weighted by Gasteiger charge is 2.46. The molecule has 252 valence electrons.